The molecule has 100 valence electrons. The molecule has 1 unspecified atom stereocenters. The fourth-order valence-electron chi connectivity index (χ4n) is 2.08. The van der Waals surface area contributed by atoms with E-state index >= 15 is 0 Å². The van der Waals surface area contributed by atoms with Gasteiger partial charge in [-0.15, -0.1) is 0 Å². The number of nitrogens with zero attached hydrogens (tertiary/aromatic N) is 1. The summed E-state index contributed by atoms with van der Waals surface area (Å²) < 4.78 is 5.38. The van der Waals surface area contributed by atoms with E-state index in [-0.39, 0.29) is 0 Å². The molecule has 1 rings (SSSR count). The van der Waals surface area contributed by atoms with E-state index < -0.39 is 11.4 Å². The Morgan fingerprint density at radius 1 is 1.47 bits per heavy atom. The molecular weight excluding hydrogens is 218 g/mol. The molecule has 1 atom stereocenters. The second kappa shape index (κ2) is 6.36. The summed E-state index contributed by atoms with van der Waals surface area (Å²) in [4.78, 5) is 13.4. The lowest BCUT2D eigenvalue weighted by molar-refractivity contribution is -0.147. The quantitative estimate of drug-likeness (QED) is 0.725. The number of unbranched alkanes of at least 4 members (excludes halogenated alkanes) is 1. The molecule has 1 aliphatic heterocycles. The van der Waals surface area contributed by atoms with E-state index in [0.29, 0.717) is 6.04 Å². The largest absolute Gasteiger partial charge is 0.481 e. The molecule has 0 aromatic carbocycles. The van der Waals surface area contributed by atoms with Crippen molar-refractivity contribution in [1.29, 1.82) is 0 Å². The van der Waals surface area contributed by atoms with Crippen LogP contribution in [0.3, 0.4) is 0 Å². The minimum atomic E-state index is -0.697. The summed E-state index contributed by atoms with van der Waals surface area (Å²) in [5, 5.41) is 9.00. The van der Waals surface area contributed by atoms with Crippen LogP contribution in [0, 0.1) is 5.41 Å². The number of carboxylic acid groups (broad SMARTS) is 1. The zero-order valence-electron chi connectivity index (χ0n) is 11.2. The van der Waals surface area contributed by atoms with E-state index in [4.69, 9.17) is 9.84 Å². The van der Waals surface area contributed by atoms with Crippen LogP contribution in [0.5, 0.6) is 0 Å². The van der Waals surface area contributed by atoms with Gasteiger partial charge in [0.05, 0.1) is 18.6 Å². The van der Waals surface area contributed by atoms with E-state index in [9.17, 15) is 4.79 Å². The monoisotopic (exact) mass is 243 g/mol. The van der Waals surface area contributed by atoms with Crippen LogP contribution >= 0.6 is 0 Å². The Bertz CT molecular complexity index is 253. The van der Waals surface area contributed by atoms with Crippen molar-refractivity contribution in [3.63, 3.8) is 0 Å². The third kappa shape index (κ3) is 4.64. The molecule has 0 radical (unpaired) electrons. The molecule has 0 spiro atoms. The van der Waals surface area contributed by atoms with Crippen LogP contribution < -0.4 is 0 Å². The Kier molecular flexibility index (Phi) is 5.40. The van der Waals surface area contributed by atoms with Crippen LogP contribution in [0.25, 0.3) is 0 Å². The minimum absolute atomic E-state index is 0.497. The summed E-state index contributed by atoms with van der Waals surface area (Å²) in [6.07, 6.45) is 2.80. The smallest absolute Gasteiger partial charge is 0.309 e. The summed E-state index contributed by atoms with van der Waals surface area (Å²) in [5.41, 5.74) is -0.587. The predicted octanol–water partition coefficient (Wildman–Crippen LogP) is 1.99. The lowest BCUT2D eigenvalue weighted by Gasteiger charge is -2.33. The minimum Gasteiger partial charge on any atom is -0.481 e. The van der Waals surface area contributed by atoms with E-state index in [1.54, 1.807) is 13.8 Å². The van der Waals surface area contributed by atoms with Gasteiger partial charge in [-0.1, -0.05) is 6.42 Å². The molecular formula is C13H25NO3. The zero-order chi connectivity index (χ0) is 12.9. The van der Waals surface area contributed by atoms with Crippen molar-refractivity contribution in [2.75, 3.05) is 26.3 Å². The standard InChI is InChI=1S/C13H25NO3/c1-11-10-17-9-8-14(11)7-5-4-6-13(2,3)12(15)16/h11H,4-10H2,1-3H3,(H,15,16). The summed E-state index contributed by atoms with van der Waals surface area (Å²) >= 11 is 0. The number of morpholine rings is 1. The number of rotatable bonds is 6. The van der Waals surface area contributed by atoms with E-state index in [2.05, 4.69) is 11.8 Å². The van der Waals surface area contributed by atoms with Crippen LogP contribution in [-0.2, 0) is 9.53 Å². The summed E-state index contributed by atoms with van der Waals surface area (Å²) in [7, 11) is 0. The molecule has 1 aliphatic rings. The normalized spacial score (nSPS) is 22.6. The molecule has 1 fully saturated rings. The number of hydrogen-bond acceptors (Lipinski definition) is 3. The molecule has 0 aliphatic carbocycles. The van der Waals surface area contributed by atoms with Crippen molar-refractivity contribution < 1.29 is 14.6 Å². The summed E-state index contributed by atoms with van der Waals surface area (Å²) in [6.45, 7) is 9.48. The maximum atomic E-state index is 10.9. The number of carboxylic acids is 1. The Morgan fingerprint density at radius 3 is 2.76 bits per heavy atom. The van der Waals surface area contributed by atoms with Crippen LogP contribution in [0.4, 0.5) is 0 Å². The van der Waals surface area contributed by atoms with Crippen LogP contribution in [0.2, 0.25) is 0 Å². The van der Waals surface area contributed by atoms with Crippen molar-refractivity contribution in [3.05, 3.63) is 0 Å². The number of hydrogen-bond donors (Lipinski definition) is 1. The first-order chi connectivity index (χ1) is 7.93. The first-order valence-electron chi connectivity index (χ1n) is 6.48. The molecule has 1 N–H and O–H groups in total. The fraction of sp³-hybridized carbons (Fsp3) is 0.923. The highest BCUT2D eigenvalue weighted by molar-refractivity contribution is 5.73. The van der Waals surface area contributed by atoms with Gasteiger partial charge in [0.2, 0.25) is 0 Å². The molecule has 0 bridgehead atoms. The van der Waals surface area contributed by atoms with Gasteiger partial charge in [-0.3, -0.25) is 9.69 Å². The van der Waals surface area contributed by atoms with E-state index in [0.717, 1.165) is 45.6 Å². The Hall–Kier alpha value is -0.610. The average Bonchev–Trinajstić information content (AvgIpc) is 2.26. The maximum absolute atomic E-state index is 10.9. The van der Waals surface area contributed by atoms with Gasteiger partial charge in [0.1, 0.15) is 0 Å². The number of carbonyl (C=O) groups is 1. The zero-order valence-corrected chi connectivity index (χ0v) is 11.2. The summed E-state index contributed by atoms with van der Waals surface area (Å²) in [6, 6.07) is 0.497. The Labute approximate surface area is 104 Å². The van der Waals surface area contributed by atoms with Crippen LogP contribution in [-0.4, -0.2) is 48.3 Å². The highest BCUT2D eigenvalue weighted by atomic mass is 16.5. The topological polar surface area (TPSA) is 49.8 Å². The highest BCUT2D eigenvalue weighted by Crippen LogP contribution is 2.23. The molecule has 0 saturated carbocycles. The van der Waals surface area contributed by atoms with Gasteiger partial charge in [-0.2, -0.15) is 0 Å². The fourth-order valence-corrected chi connectivity index (χ4v) is 2.08. The highest BCUT2D eigenvalue weighted by Gasteiger charge is 2.26. The third-order valence-corrected chi connectivity index (χ3v) is 3.58. The van der Waals surface area contributed by atoms with Crippen molar-refractivity contribution in [3.8, 4) is 0 Å². The molecule has 0 aromatic rings. The van der Waals surface area contributed by atoms with Crippen LogP contribution in [0.1, 0.15) is 40.0 Å². The number of ether oxygens (including phenoxy) is 1. The van der Waals surface area contributed by atoms with Crippen molar-refractivity contribution in [2.24, 2.45) is 5.41 Å². The molecule has 0 aromatic heterocycles. The average molecular weight is 243 g/mol. The second-order valence-electron chi connectivity index (χ2n) is 5.61. The molecule has 0 amide bonds. The first kappa shape index (κ1) is 14.5. The summed E-state index contributed by atoms with van der Waals surface area (Å²) in [5.74, 6) is -0.697. The lowest BCUT2D eigenvalue weighted by Crippen LogP contribution is -2.44. The molecule has 1 saturated heterocycles. The van der Waals surface area contributed by atoms with Crippen molar-refractivity contribution in [2.45, 2.75) is 46.1 Å². The van der Waals surface area contributed by atoms with Gasteiger partial charge < -0.3 is 9.84 Å². The molecule has 4 heteroatoms. The van der Waals surface area contributed by atoms with Gasteiger partial charge in [-0.25, -0.2) is 0 Å². The lowest BCUT2D eigenvalue weighted by atomic mass is 9.87. The van der Waals surface area contributed by atoms with Gasteiger partial charge in [0.25, 0.3) is 0 Å². The first-order valence-corrected chi connectivity index (χ1v) is 6.48. The van der Waals surface area contributed by atoms with Gasteiger partial charge in [-0.05, 0) is 40.2 Å². The molecule has 1 heterocycles. The number of aliphatic carboxylic acids is 1. The SMILES string of the molecule is CC1COCCN1CCCCC(C)(C)C(=O)O. The Morgan fingerprint density at radius 2 is 2.18 bits per heavy atom. The van der Waals surface area contributed by atoms with Crippen molar-refractivity contribution >= 4 is 5.97 Å². The predicted molar refractivity (Wildman–Crippen MR) is 67.1 cm³/mol. The van der Waals surface area contributed by atoms with Gasteiger partial charge in [0, 0.05) is 12.6 Å². The van der Waals surface area contributed by atoms with E-state index in [1.165, 1.54) is 0 Å². The van der Waals surface area contributed by atoms with Gasteiger partial charge in [0.15, 0.2) is 0 Å². The molecule has 4 nitrogen and oxygen atoms in total. The van der Waals surface area contributed by atoms with Crippen LogP contribution in [0.15, 0.2) is 0 Å². The van der Waals surface area contributed by atoms with Gasteiger partial charge >= 0.3 is 5.97 Å². The maximum Gasteiger partial charge on any atom is 0.309 e. The van der Waals surface area contributed by atoms with Crippen molar-refractivity contribution in [1.82, 2.24) is 4.90 Å². The Balaban J connectivity index is 2.17. The molecule has 17 heavy (non-hydrogen) atoms. The second-order valence-corrected chi connectivity index (χ2v) is 5.61. The third-order valence-electron chi connectivity index (χ3n) is 3.58. The van der Waals surface area contributed by atoms with E-state index in [1.807, 2.05) is 0 Å².